The number of hydrogen-bond donors (Lipinski definition) is 0. The molecule has 0 radical (unpaired) electrons. The van der Waals surface area contributed by atoms with Crippen LogP contribution in [-0.2, 0) is 4.79 Å². The van der Waals surface area contributed by atoms with Crippen LogP contribution in [0.1, 0.15) is 52.4 Å². The van der Waals surface area contributed by atoms with Gasteiger partial charge in [0.15, 0.2) is 0 Å². The summed E-state index contributed by atoms with van der Waals surface area (Å²) in [6.45, 7) is 6.33. The van der Waals surface area contributed by atoms with Gasteiger partial charge in [-0.25, -0.2) is 0 Å². The highest BCUT2D eigenvalue weighted by Gasteiger charge is 2.40. The molecule has 0 amide bonds. The van der Waals surface area contributed by atoms with E-state index in [9.17, 15) is 4.79 Å². The first kappa shape index (κ1) is 11.1. The molecule has 2 nitrogen and oxygen atoms in total. The lowest BCUT2D eigenvalue weighted by molar-refractivity contribution is -0.118. The molecule has 1 heterocycles. The van der Waals surface area contributed by atoms with E-state index in [2.05, 4.69) is 11.8 Å². The Morgan fingerprint density at radius 3 is 2.27 bits per heavy atom. The first-order chi connectivity index (χ1) is 7.11. The molecule has 0 aromatic heterocycles. The number of Topliss-reactive ketones (excluding diaryl/α,β-unsaturated/α-hetero) is 1. The van der Waals surface area contributed by atoms with Crippen LogP contribution < -0.4 is 0 Å². The second-order valence-corrected chi connectivity index (χ2v) is 5.64. The Morgan fingerprint density at radius 1 is 1.27 bits per heavy atom. The molecule has 2 aliphatic rings. The van der Waals surface area contributed by atoms with Gasteiger partial charge in [-0.1, -0.05) is 6.42 Å². The summed E-state index contributed by atoms with van der Waals surface area (Å²) < 4.78 is 0. The van der Waals surface area contributed by atoms with Gasteiger partial charge in [-0.2, -0.15) is 0 Å². The highest BCUT2D eigenvalue weighted by atomic mass is 16.1. The molecular formula is C13H23NO. The highest BCUT2D eigenvalue weighted by Crippen LogP contribution is 2.49. The van der Waals surface area contributed by atoms with E-state index in [1.54, 1.807) is 6.92 Å². The molecular weight excluding hydrogens is 186 g/mol. The zero-order valence-corrected chi connectivity index (χ0v) is 10.1. The van der Waals surface area contributed by atoms with Gasteiger partial charge < -0.3 is 4.90 Å². The molecule has 1 unspecified atom stereocenters. The summed E-state index contributed by atoms with van der Waals surface area (Å²) in [6.07, 6.45) is 7.84. The fourth-order valence-corrected chi connectivity index (χ4v) is 3.16. The third-order valence-corrected chi connectivity index (χ3v) is 4.48. The summed E-state index contributed by atoms with van der Waals surface area (Å²) in [5.74, 6) is 0.325. The highest BCUT2D eigenvalue weighted by molar-refractivity contribution is 5.76. The topological polar surface area (TPSA) is 20.3 Å². The zero-order valence-electron chi connectivity index (χ0n) is 10.1. The number of ketones is 1. The SMILES string of the molecule is CC(=O)CC(C)N1CCC2(CCC2)CC1. The van der Waals surface area contributed by atoms with Crippen molar-refractivity contribution in [1.29, 1.82) is 0 Å². The van der Waals surface area contributed by atoms with Crippen molar-refractivity contribution in [3.05, 3.63) is 0 Å². The third kappa shape index (κ3) is 2.41. The Labute approximate surface area is 93.0 Å². The summed E-state index contributed by atoms with van der Waals surface area (Å²) in [7, 11) is 0. The monoisotopic (exact) mass is 209 g/mol. The summed E-state index contributed by atoms with van der Waals surface area (Å²) >= 11 is 0. The number of nitrogens with zero attached hydrogens (tertiary/aromatic N) is 1. The number of likely N-dealkylation sites (tertiary alicyclic amines) is 1. The van der Waals surface area contributed by atoms with Gasteiger partial charge in [0, 0.05) is 12.5 Å². The molecule has 86 valence electrons. The van der Waals surface area contributed by atoms with E-state index in [1.807, 2.05) is 0 Å². The number of hydrogen-bond acceptors (Lipinski definition) is 2. The van der Waals surface area contributed by atoms with Crippen LogP contribution in [0.5, 0.6) is 0 Å². The second kappa shape index (κ2) is 4.25. The lowest BCUT2D eigenvalue weighted by atomic mass is 9.63. The van der Waals surface area contributed by atoms with Crippen molar-refractivity contribution in [2.24, 2.45) is 5.41 Å². The van der Waals surface area contributed by atoms with Crippen molar-refractivity contribution >= 4 is 5.78 Å². The van der Waals surface area contributed by atoms with E-state index in [-0.39, 0.29) is 0 Å². The largest absolute Gasteiger partial charge is 0.300 e. The maximum Gasteiger partial charge on any atom is 0.131 e. The standard InChI is InChI=1S/C13H23NO/c1-11(10-12(2)15)14-8-6-13(7-9-14)4-3-5-13/h11H,3-10H2,1-2H3. The number of piperidine rings is 1. The first-order valence-corrected chi connectivity index (χ1v) is 6.35. The third-order valence-electron chi connectivity index (χ3n) is 4.48. The summed E-state index contributed by atoms with van der Waals surface area (Å²) in [6, 6.07) is 0.458. The first-order valence-electron chi connectivity index (χ1n) is 6.35. The van der Waals surface area contributed by atoms with E-state index < -0.39 is 0 Å². The van der Waals surface area contributed by atoms with E-state index in [0.717, 1.165) is 11.8 Å². The Hall–Kier alpha value is -0.370. The van der Waals surface area contributed by atoms with Gasteiger partial charge >= 0.3 is 0 Å². The Balaban J connectivity index is 1.79. The molecule has 1 saturated heterocycles. The molecule has 1 atom stereocenters. The number of carbonyl (C=O) groups excluding carboxylic acids is 1. The molecule has 1 saturated carbocycles. The molecule has 0 aromatic carbocycles. The van der Waals surface area contributed by atoms with Gasteiger partial charge in [0.1, 0.15) is 5.78 Å². The van der Waals surface area contributed by atoms with Crippen LogP contribution in [0, 0.1) is 5.41 Å². The molecule has 2 heteroatoms. The van der Waals surface area contributed by atoms with Gasteiger partial charge in [0.05, 0.1) is 0 Å². The molecule has 2 rings (SSSR count). The van der Waals surface area contributed by atoms with Crippen molar-refractivity contribution in [3.63, 3.8) is 0 Å². The molecule has 1 aliphatic heterocycles. The second-order valence-electron chi connectivity index (χ2n) is 5.64. The van der Waals surface area contributed by atoms with Crippen LogP contribution in [0.15, 0.2) is 0 Å². The lowest BCUT2D eigenvalue weighted by Crippen LogP contribution is -2.47. The number of rotatable bonds is 3. The van der Waals surface area contributed by atoms with Crippen LogP contribution in [0.2, 0.25) is 0 Å². The fourth-order valence-electron chi connectivity index (χ4n) is 3.16. The van der Waals surface area contributed by atoms with E-state index in [4.69, 9.17) is 0 Å². The van der Waals surface area contributed by atoms with Crippen molar-refractivity contribution in [2.45, 2.75) is 58.4 Å². The van der Waals surface area contributed by atoms with Gasteiger partial charge in [0.2, 0.25) is 0 Å². The molecule has 0 N–H and O–H groups in total. The summed E-state index contributed by atoms with van der Waals surface area (Å²) in [5.41, 5.74) is 0.729. The average molecular weight is 209 g/mol. The Kier molecular flexibility index (Phi) is 3.15. The minimum atomic E-state index is 0.325. The van der Waals surface area contributed by atoms with Gasteiger partial charge in [0.25, 0.3) is 0 Å². The van der Waals surface area contributed by atoms with Gasteiger partial charge in [-0.05, 0) is 58.0 Å². The lowest BCUT2D eigenvalue weighted by Gasteiger charge is -2.49. The minimum absolute atomic E-state index is 0.325. The predicted molar refractivity (Wildman–Crippen MR) is 61.9 cm³/mol. The number of carbonyl (C=O) groups is 1. The zero-order chi connectivity index (χ0) is 10.9. The van der Waals surface area contributed by atoms with Crippen LogP contribution in [0.4, 0.5) is 0 Å². The van der Waals surface area contributed by atoms with Crippen molar-refractivity contribution in [3.8, 4) is 0 Å². The summed E-state index contributed by atoms with van der Waals surface area (Å²) in [5, 5.41) is 0. The molecule has 2 fully saturated rings. The maximum absolute atomic E-state index is 11.1. The average Bonchev–Trinajstić information content (AvgIpc) is 2.14. The minimum Gasteiger partial charge on any atom is -0.300 e. The molecule has 1 spiro atoms. The van der Waals surface area contributed by atoms with Crippen molar-refractivity contribution in [1.82, 2.24) is 4.90 Å². The van der Waals surface area contributed by atoms with E-state index >= 15 is 0 Å². The normalized spacial score (nSPS) is 27.3. The van der Waals surface area contributed by atoms with Crippen molar-refractivity contribution in [2.75, 3.05) is 13.1 Å². The van der Waals surface area contributed by atoms with Crippen LogP contribution in [-0.4, -0.2) is 29.8 Å². The van der Waals surface area contributed by atoms with Gasteiger partial charge in [-0.3, -0.25) is 4.79 Å². The van der Waals surface area contributed by atoms with E-state index in [1.165, 1.54) is 45.2 Å². The van der Waals surface area contributed by atoms with Crippen molar-refractivity contribution < 1.29 is 4.79 Å². The maximum atomic E-state index is 11.1. The predicted octanol–water partition coefficient (Wildman–Crippen LogP) is 2.62. The smallest absolute Gasteiger partial charge is 0.131 e. The molecule has 0 aromatic rings. The molecule has 15 heavy (non-hydrogen) atoms. The fraction of sp³-hybridized carbons (Fsp3) is 0.923. The van der Waals surface area contributed by atoms with E-state index in [0.29, 0.717) is 11.8 Å². The van der Waals surface area contributed by atoms with Crippen LogP contribution in [0.25, 0.3) is 0 Å². The van der Waals surface area contributed by atoms with Gasteiger partial charge in [-0.15, -0.1) is 0 Å². The summed E-state index contributed by atoms with van der Waals surface area (Å²) in [4.78, 5) is 13.6. The van der Waals surface area contributed by atoms with Crippen LogP contribution >= 0.6 is 0 Å². The van der Waals surface area contributed by atoms with Crippen LogP contribution in [0.3, 0.4) is 0 Å². The Bertz CT molecular complexity index is 235. The molecule has 0 bridgehead atoms. The molecule has 1 aliphatic carbocycles. The quantitative estimate of drug-likeness (QED) is 0.712. The Morgan fingerprint density at radius 2 is 1.87 bits per heavy atom.